The van der Waals surface area contributed by atoms with Crippen molar-refractivity contribution in [1.82, 2.24) is 10.2 Å². The van der Waals surface area contributed by atoms with Gasteiger partial charge in [-0.2, -0.15) is 5.10 Å². The number of H-pyrrole nitrogens is 1. The number of amides is 1. The Balaban J connectivity index is 2.21. The summed E-state index contributed by atoms with van der Waals surface area (Å²) >= 11 is 0. The molecule has 20 heavy (non-hydrogen) atoms. The molecule has 7 nitrogen and oxygen atoms in total. The SMILES string of the molecule is COc1ccc(C(=O)Nc2n[nH]c(C)c2C(=O)O)cc1. The average molecular weight is 275 g/mol. The third-order valence-corrected chi connectivity index (χ3v) is 2.75. The maximum atomic E-state index is 12.0. The van der Waals surface area contributed by atoms with E-state index in [0.29, 0.717) is 17.0 Å². The van der Waals surface area contributed by atoms with Crippen LogP contribution < -0.4 is 10.1 Å². The van der Waals surface area contributed by atoms with E-state index in [9.17, 15) is 9.59 Å². The standard InChI is InChI=1S/C13H13N3O4/c1-7-10(13(18)19)11(16-15-7)14-12(17)8-3-5-9(20-2)6-4-8/h3-6H,1-2H3,(H,18,19)(H2,14,15,16,17). The second-order valence-corrected chi connectivity index (χ2v) is 4.06. The average Bonchev–Trinajstić information content (AvgIpc) is 2.79. The second-order valence-electron chi connectivity index (χ2n) is 4.06. The van der Waals surface area contributed by atoms with Crippen LogP contribution in [0.15, 0.2) is 24.3 Å². The van der Waals surface area contributed by atoms with Crippen LogP contribution in [-0.4, -0.2) is 34.3 Å². The van der Waals surface area contributed by atoms with Crippen molar-refractivity contribution >= 4 is 17.7 Å². The summed E-state index contributed by atoms with van der Waals surface area (Å²) in [6.07, 6.45) is 0. The van der Waals surface area contributed by atoms with Gasteiger partial charge in [0.05, 0.1) is 7.11 Å². The number of hydrogen-bond acceptors (Lipinski definition) is 4. The molecule has 104 valence electrons. The van der Waals surface area contributed by atoms with Crippen LogP contribution in [0.25, 0.3) is 0 Å². The lowest BCUT2D eigenvalue weighted by Gasteiger charge is -2.04. The van der Waals surface area contributed by atoms with E-state index < -0.39 is 11.9 Å². The summed E-state index contributed by atoms with van der Waals surface area (Å²) in [5.41, 5.74) is 0.706. The van der Waals surface area contributed by atoms with Gasteiger partial charge in [-0.3, -0.25) is 9.89 Å². The molecule has 1 amide bonds. The minimum atomic E-state index is -1.15. The lowest BCUT2D eigenvalue weighted by molar-refractivity contribution is 0.0697. The summed E-state index contributed by atoms with van der Waals surface area (Å²) in [4.78, 5) is 23.1. The summed E-state index contributed by atoms with van der Waals surface area (Å²) in [5, 5.41) is 17.8. The first-order valence-corrected chi connectivity index (χ1v) is 5.76. The van der Waals surface area contributed by atoms with Crippen LogP contribution >= 0.6 is 0 Å². The van der Waals surface area contributed by atoms with Gasteiger partial charge in [-0.05, 0) is 31.2 Å². The first kappa shape index (κ1) is 13.6. The third kappa shape index (κ3) is 2.61. The third-order valence-electron chi connectivity index (χ3n) is 2.75. The Morgan fingerprint density at radius 3 is 2.50 bits per heavy atom. The molecule has 1 heterocycles. The summed E-state index contributed by atoms with van der Waals surface area (Å²) in [7, 11) is 1.53. The smallest absolute Gasteiger partial charge is 0.341 e. The van der Waals surface area contributed by atoms with Gasteiger partial charge in [0.1, 0.15) is 11.3 Å². The number of anilines is 1. The molecular weight excluding hydrogens is 262 g/mol. The molecule has 0 saturated carbocycles. The molecule has 0 spiro atoms. The number of nitrogens with one attached hydrogen (secondary N) is 2. The van der Waals surface area contributed by atoms with Gasteiger partial charge in [-0.25, -0.2) is 4.79 Å². The number of benzene rings is 1. The summed E-state index contributed by atoms with van der Waals surface area (Å²) in [5.74, 6) is -0.970. The van der Waals surface area contributed by atoms with E-state index in [-0.39, 0.29) is 11.4 Å². The van der Waals surface area contributed by atoms with Gasteiger partial charge in [0.15, 0.2) is 5.82 Å². The molecule has 3 N–H and O–H groups in total. The summed E-state index contributed by atoms with van der Waals surface area (Å²) in [6, 6.07) is 6.44. The van der Waals surface area contributed by atoms with Crippen LogP contribution in [-0.2, 0) is 0 Å². The Labute approximate surface area is 114 Å². The Morgan fingerprint density at radius 2 is 1.95 bits per heavy atom. The molecule has 7 heteroatoms. The van der Waals surface area contributed by atoms with E-state index in [2.05, 4.69) is 15.5 Å². The number of aromatic carboxylic acids is 1. The molecule has 0 saturated heterocycles. The van der Waals surface area contributed by atoms with E-state index in [0.717, 1.165) is 0 Å². The highest BCUT2D eigenvalue weighted by Gasteiger charge is 2.19. The van der Waals surface area contributed by atoms with Crippen LogP contribution in [0.4, 0.5) is 5.82 Å². The molecule has 1 aromatic heterocycles. The normalized spacial score (nSPS) is 10.1. The number of aryl methyl sites for hydroxylation is 1. The van der Waals surface area contributed by atoms with Gasteiger partial charge >= 0.3 is 5.97 Å². The van der Waals surface area contributed by atoms with Gasteiger partial charge < -0.3 is 15.2 Å². The number of ether oxygens (including phenoxy) is 1. The molecule has 0 atom stereocenters. The quantitative estimate of drug-likeness (QED) is 0.787. The Hall–Kier alpha value is -2.83. The number of methoxy groups -OCH3 is 1. The molecule has 0 bridgehead atoms. The van der Waals surface area contributed by atoms with Gasteiger partial charge in [0.25, 0.3) is 5.91 Å². The number of carboxylic acids is 1. The van der Waals surface area contributed by atoms with Crippen molar-refractivity contribution in [3.8, 4) is 5.75 Å². The zero-order chi connectivity index (χ0) is 14.7. The zero-order valence-corrected chi connectivity index (χ0v) is 10.9. The molecule has 1 aromatic carbocycles. The fourth-order valence-electron chi connectivity index (χ4n) is 1.70. The van der Waals surface area contributed by atoms with Gasteiger partial charge in [-0.1, -0.05) is 0 Å². The van der Waals surface area contributed by atoms with Gasteiger partial charge in [0.2, 0.25) is 0 Å². The number of hydrogen-bond donors (Lipinski definition) is 3. The van der Waals surface area contributed by atoms with Crippen LogP contribution in [0.3, 0.4) is 0 Å². The van der Waals surface area contributed by atoms with E-state index in [1.54, 1.807) is 31.2 Å². The van der Waals surface area contributed by atoms with Crippen molar-refractivity contribution < 1.29 is 19.4 Å². The minimum Gasteiger partial charge on any atom is -0.497 e. The molecule has 0 aliphatic carbocycles. The summed E-state index contributed by atoms with van der Waals surface area (Å²) < 4.78 is 4.99. The lowest BCUT2D eigenvalue weighted by Crippen LogP contribution is -2.14. The first-order valence-electron chi connectivity index (χ1n) is 5.76. The number of carboxylic acid groups (broad SMARTS) is 1. The van der Waals surface area contributed by atoms with Crippen molar-refractivity contribution in [2.24, 2.45) is 0 Å². The van der Waals surface area contributed by atoms with Crippen molar-refractivity contribution in [2.45, 2.75) is 6.92 Å². The molecule has 0 fully saturated rings. The number of carbonyl (C=O) groups excluding carboxylic acids is 1. The minimum absolute atomic E-state index is 0.00387. The van der Waals surface area contributed by atoms with E-state index in [1.165, 1.54) is 7.11 Å². The van der Waals surface area contributed by atoms with Crippen LogP contribution in [0.5, 0.6) is 5.75 Å². The number of aromatic nitrogens is 2. The van der Waals surface area contributed by atoms with E-state index >= 15 is 0 Å². The number of rotatable bonds is 4. The Bertz CT molecular complexity index is 646. The molecular formula is C13H13N3O4. The molecule has 0 aliphatic heterocycles. The first-order chi connectivity index (χ1) is 9.52. The van der Waals surface area contributed by atoms with Crippen molar-refractivity contribution in [3.05, 3.63) is 41.1 Å². The second kappa shape index (κ2) is 5.43. The van der Waals surface area contributed by atoms with Crippen molar-refractivity contribution in [2.75, 3.05) is 12.4 Å². The maximum Gasteiger partial charge on any atom is 0.341 e. The van der Waals surface area contributed by atoms with Crippen LogP contribution in [0.2, 0.25) is 0 Å². The fraction of sp³-hybridized carbons (Fsp3) is 0.154. The van der Waals surface area contributed by atoms with E-state index in [4.69, 9.17) is 9.84 Å². The predicted molar refractivity (Wildman–Crippen MR) is 71.2 cm³/mol. The zero-order valence-electron chi connectivity index (χ0n) is 10.9. The van der Waals surface area contributed by atoms with Crippen LogP contribution in [0, 0.1) is 6.92 Å². The highest BCUT2D eigenvalue weighted by atomic mass is 16.5. The van der Waals surface area contributed by atoms with Gasteiger partial charge in [0, 0.05) is 11.3 Å². The highest BCUT2D eigenvalue weighted by Crippen LogP contribution is 2.17. The predicted octanol–water partition coefficient (Wildman–Crippen LogP) is 1.68. The molecule has 2 aromatic rings. The van der Waals surface area contributed by atoms with E-state index in [1.807, 2.05) is 0 Å². The number of aromatic amines is 1. The molecule has 2 rings (SSSR count). The van der Waals surface area contributed by atoms with Crippen molar-refractivity contribution in [1.29, 1.82) is 0 Å². The molecule has 0 radical (unpaired) electrons. The molecule has 0 unspecified atom stereocenters. The lowest BCUT2D eigenvalue weighted by atomic mass is 10.2. The topological polar surface area (TPSA) is 104 Å². The number of carbonyl (C=O) groups is 2. The molecule has 0 aliphatic rings. The number of nitrogens with zero attached hydrogens (tertiary/aromatic N) is 1. The summed E-state index contributed by atoms with van der Waals surface area (Å²) in [6.45, 7) is 1.57. The fourth-order valence-corrected chi connectivity index (χ4v) is 1.70. The monoisotopic (exact) mass is 275 g/mol. The highest BCUT2D eigenvalue weighted by molar-refractivity contribution is 6.07. The van der Waals surface area contributed by atoms with Crippen LogP contribution in [0.1, 0.15) is 26.4 Å². The van der Waals surface area contributed by atoms with Gasteiger partial charge in [-0.15, -0.1) is 0 Å². The Morgan fingerprint density at radius 1 is 1.30 bits per heavy atom. The largest absolute Gasteiger partial charge is 0.497 e. The maximum absolute atomic E-state index is 12.0. The Kier molecular flexibility index (Phi) is 3.69. The van der Waals surface area contributed by atoms with Crippen molar-refractivity contribution in [3.63, 3.8) is 0 Å².